The average Bonchev–Trinajstić information content (AvgIpc) is 2.93. The number of rotatable bonds is 4. The van der Waals surface area contributed by atoms with Crippen LogP contribution >= 0.6 is 11.8 Å². The van der Waals surface area contributed by atoms with Gasteiger partial charge in [-0.1, -0.05) is 25.2 Å². The fourth-order valence-corrected chi connectivity index (χ4v) is 3.69. The molecule has 5 heteroatoms. The molecule has 1 aliphatic rings. The molecule has 0 bridgehead atoms. The summed E-state index contributed by atoms with van der Waals surface area (Å²) in [6, 6.07) is 3.67. The monoisotopic (exact) mass is 304 g/mol. The summed E-state index contributed by atoms with van der Waals surface area (Å²) < 4.78 is 0. The first kappa shape index (κ1) is 15.9. The molecule has 2 N–H and O–H groups in total. The Bertz CT molecular complexity index is 533. The van der Waals surface area contributed by atoms with Crippen LogP contribution in [0.5, 0.6) is 0 Å². The quantitative estimate of drug-likeness (QED) is 0.833. The van der Waals surface area contributed by atoms with E-state index in [-0.39, 0.29) is 18.6 Å². The van der Waals surface area contributed by atoms with Gasteiger partial charge in [-0.05, 0) is 30.7 Å². The zero-order valence-electron chi connectivity index (χ0n) is 12.1. The van der Waals surface area contributed by atoms with E-state index in [0.29, 0.717) is 16.5 Å². The molecule has 21 heavy (non-hydrogen) atoms. The Morgan fingerprint density at radius 3 is 3.05 bits per heavy atom. The van der Waals surface area contributed by atoms with Gasteiger partial charge in [-0.25, -0.2) is 4.98 Å². The number of aliphatic hydroxyl groups is 1. The third kappa shape index (κ3) is 4.48. The number of aliphatic hydroxyl groups excluding tert-OH is 1. The lowest BCUT2D eigenvalue weighted by Gasteiger charge is -2.19. The topological polar surface area (TPSA) is 62.2 Å². The van der Waals surface area contributed by atoms with Crippen molar-refractivity contribution in [3.05, 3.63) is 29.6 Å². The molecule has 0 radical (unpaired) electrons. The molecule has 4 nitrogen and oxygen atoms in total. The normalized spacial score (nSPS) is 20.7. The Kier molecular flexibility index (Phi) is 6.09. The second-order valence-corrected chi connectivity index (χ2v) is 6.41. The summed E-state index contributed by atoms with van der Waals surface area (Å²) in [6.07, 6.45) is 4.95. The summed E-state index contributed by atoms with van der Waals surface area (Å²) in [6.45, 7) is 1.97. The number of carbonyl (C=O) groups excluding carboxylic acids is 1. The maximum atomic E-state index is 12.2. The fourth-order valence-electron chi connectivity index (χ4n) is 2.49. The van der Waals surface area contributed by atoms with Crippen LogP contribution in [0.25, 0.3) is 0 Å². The summed E-state index contributed by atoms with van der Waals surface area (Å²) in [5, 5.41) is 12.3. The molecule has 0 saturated heterocycles. The molecule has 0 spiro atoms. The molecule has 1 heterocycles. The van der Waals surface area contributed by atoms with Gasteiger partial charge in [-0.3, -0.25) is 4.79 Å². The maximum Gasteiger partial charge on any atom is 0.270 e. The lowest BCUT2D eigenvalue weighted by Crippen LogP contribution is -2.39. The van der Waals surface area contributed by atoms with Crippen LogP contribution in [0.2, 0.25) is 0 Å². The molecule has 1 saturated carbocycles. The lowest BCUT2D eigenvalue weighted by atomic mass is 10.2. The molecule has 1 amide bonds. The summed E-state index contributed by atoms with van der Waals surface area (Å²) in [7, 11) is 0. The van der Waals surface area contributed by atoms with Crippen molar-refractivity contribution in [3.63, 3.8) is 0 Å². The van der Waals surface area contributed by atoms with E-state index in [9.17, 15) is 4.79 Å². The maximum absolute atomic E-state index is 12.2. The Labute approximate surface area is 129 Å². The third-order valence-electron chi connectivity index (χ3n) is 3.46. The number of hydrogen-bond acceptors (Lipinski definition) is 4. The Morgan fingerprint density at radius 1 is 1.52 bits per heavy atom. The Balaban J connectivity index is 1.96. The molecule has 0 aliphatic heterocycles. The summed E-state index contributed by atoms with van der Waals surface area (Å²) in [5.41, 5.74) is 1.11. The van der Waals surface area contributed by atoms with E-state index in [1.165, 1.54) is 12.8 Å². The van der Waals surface area contributed by atoms with E-state index in [2.05, 4.69) is 29.1 Å². The summed E-state index contributed by atoms with van der Waals surface area (Å²) in [5.74, 6) is 6.27. The van der Waals surface area contributed by atoms with Gasteiger partial charge >= 0.3 is 0 Å². The molecule has 2 unspecified atom stereocenters. The first-order chi connectivity index (χ1) is 10.2. The van der Waals surface area contributed by atoms with Gasteiger partial charge in [0, 0.05) is 23.1 Å². The molecule has 1 aromatic heterocycles. The van der Waals surface area contributed by atoms with Gasteiger partial charge in [0.05, 0.1) is 0 Å². The minimum Gasteiger partial charge on any atom is -0.384 e. The molecule has 0 aromatic carbocycles. The largest absolute Gasteiger partial charge is 0.384 e. The van der Waals surface area contributed by atoms with Crippen LogP contribution in [0.4, 0.5) is 0 Å². The van der Waals surface area contributed by atoms with E-state index < -0.39 is 0 Å². The SMILES string of the molecule is CCSC1CCCC1NC(=O)c1ccc(C#CCO)cn1. The molecule has 1 aromatic rings. The van der Waals surface area contributed by atoms with Gasteiger partial charge in [-0.2, -0.15) is 11.8 Å². The standard InChI is InChI=1S/C16H20N2O2S/c1-2-21-15-7-3-6-13(15)18-16(20)14-9-8-12(11-17-14)5-4-10-19/h8-9,11,13,15,19H,2-3,6-7,10H2,1H3,(H,18,20). The van der Waals surface area contributed by atoms with Crippen LogP contribution in [-0.4, -0.2) is 39.6 Å². The highest BCUT2D eigenvalue weighted by Gasteiger charge is 2.28. The van der Waals surface area contributed by atoms with Crippen molar-refractivity contribution >= 4 is 17.7 Å². The van der Waals surface area contributed by atoms with Crippen molar-refractivity contribution in [1.29, 1.82) is 0 Å². The molecule has 112 valence electrons. The number of carbonyl (C=O) groups is 1. The molecule has 2 rings (SSSR count). The molecule has 1 aliphatic carbocycles. The highest BCUT2D eigenvalue weighted by atomic mass is 32.2. The van der Waals surface area contributed by atoms with Crippen molar-refractivity contribution in [2.45, 2.75) is 37.5 Å². The fraction of sp³-hybridized carbons (Fsp3) is 0.500. The smallest absolute Gasteiger partial charge is 0.270 e. The minimum absolute atomic E-state index is 0.120. The minimum atomic E-state index is -0.180. The first-order valence-electron chi connectivity index (χ1n) is 7.23. The number of amides is 1. The number of aromatic nitrogens is 1. The second kappa shape index (κ2) is 8.06. The van der Waals surface area contributed by atoms with Gasteiger partial charge in [0.1, 0.15) is 12.3 Å². The number of nitrogens with zero attached hydrogens (tertiary/aromatic N) is 1. The van der Waals surface area contributed by atoms with E-state index in [1.54, 1.807) is 18.3 Å². The predicted molar refractivity (Wildman–Crippen MR) is 85.2 cm³/mol. The summed E-state index contributed by atoms with van der Waals surface area (Å²) in [4.78, 5) is 16.4. The van der Waals surface area contributed by atoms with Crippen LogP contribution in [0.15, 0.2) is 18.3 Å². The van der Waals surface area contributed by atoms with Gasteiger partial charge in [0.2, 0.25) is 0 Å². The van der Waals surface area contributed by atoms with Gasteiger partial charge in [0.15, 0.2) is 0 Å². The molecule has 2 atom stereocenters. The van der Waals surface area contributed by atoms with Crippen LogP contribution in [0.3, 0.4) is 0 Å². The van der Waals surface area contributed by atoms with Crippen molar-refractivity contribution in [2.75, 3.05) is 12.4 Å². The van der Waals surface area contributed by atoms with Crippen LogP contribution in [-0.2, 0) is 0 Å². The van der Waals surface area contributed by atoms with E-state index in [4.69, 9.17) is 5.11 Å². The third-order valence-corrected chi connectivity index (χ3v) is 4.78. The highest BCUT2D eigenvalue weighted by Crippen LogP contribution is 2.29. The van der Waals surface area contributed by atoms with Crippen LogP contribution in [0.1, 0.15) is 42.2 Å². The number of pyridine rings is 1. The zero-order chi connectivity index (χ0) is 15.1. The van der Waals surface area contributed by atoms with Crippen molar-refractivity contribution < 1.29 is 9.90 Å². The molecular weight excluding hydrogens is 284 g/mol. The Hall–Kier alpha value is -1.51. The van der Waals surface area contributed by atoms with Crippen molar-refractivity contribution in [2.24, 2.45) is 0 Å². The van der Waals surface area contributed by atoms with Gasteiger partial charge in [0.25, 0.3) is 5.91 Å². The lowest BCUT2D eigenvalue weighted by molar-refractivity contribution is 0.0933. The van der Waals surface area contributed by atoms with E-state index >= 15 is 0 Å². The summed E-state index contributed by atoms with van der Waals surface area (Å²) >= 11 is 1.92. The predicted octanol–water partition coefficient (Wildman–Crippen LogP) is 1.83. The van der Waals surface area contributed by atoms with Gasteiger partial charge < -0.3 is 10.4 Å². The zero-order valence-corrected chi connectivity index (χ0v) is 12.9. The average molecular weight is 304 g/mol. The first-order valence-corrected chi connectivity index (χ1v) is 8.27. The van der Waals surface area contributed by atoms with Crippen LogP contribution in [0, 0.1) is 11.8 Å². The number of nitrogens with one attached hydrogen (secondary N) is 1. The molecule has 1 fully saturated rings. The van der Waals surface area contributed by atoms with Crippen molar-refractivity contribution in [3.8, 4) is 11.8 Å². The number of thioether (sulfide) groups is 1. The van der Waals surface area contributed by atoms with E-state index in [1.807, 2.05) is 11.8 Å². The van der Waals surface area contributed by atoms with E-state index in [0.717, 1.165) is 12.2 Å². The Morgan fingerprint density at radius 2 is 2.38 bits per heavy atom. The number of hydrogen-bond donors (Lipinski definition) is 2. The van der Waals surface area contributed by atoms with Crippen molar-refractivity contribution in [1.82, 2.24) is 10.3 Å². The second-order valence-electron chi connectivity index (χ2n) is 4.90. The molecular formula is C16H20N2O2S. The highest BCUT2D eigenvalue weighted by molar-refractivity contribution is 7.99. The van der Waals surface area contributed by atoms with Crippen LogP contribution < -0.4 is 5.32 Å². The van der Waals surface area contributed by atoms with Gasteiger partial charge in [-0.15, -0.1) is 0 Å².